The van der Waals surface area contributed by atoms with Gasteiger partial charge in [0, 0.05) is 13.6 Å². The molecule has 100 valence electrons. The largest absolute Gasteiger partial charge is 0.355 e. The van der Waals surface area contributed by atoms with E-state index >= 15 is 0 Å². The standard InChI is InChI=1S/C10H17N5O2S/c1-4-11-9(17)7(2)13-8(16)5-18-10-14-12-6-15(10)3/h6-7H,4-5H2,1-3H3,(H,11,17)(H,13,16)/t7-/m1/s1. The molecule has 0 saturated heterocycles. The van der Waals surface area contributed by atoms with E-state index in [2.05, 4.69) is 20.8 Å². The lowest BCUT2D eigenvalue weighted by molar-refractivity contribution is -0.127. The first-order valence-electron chi connectivity index (χ1n) is 5.58. The van der Waals surface area contributed by atoms with Gasteiger partial charge < -0.3 is 15.2 Å². The Hall–Kier alpha value is -1.57. The molecule has 0 fully saturated rings. The molecule has 1 atom stereocenters. The second-order valence-corrected chi connectivity index (χ2v) is 4.64. The number of amides is 2. The lowest BCUT2D eigenvalue weighted by Gasteiger charge is -2.12. The van der Waals surface area contributed by atoms with Gasteiger partial charge in [0.25, 0.3) is 0 Å². The number of hydrogen-bond donors (Lipinski definition) is 2. The van der Waals surface area contributed by atoms with Crippen LogP contribution in [0.1, 0.15) is 13.8 Å². The number of rotatable bonds is 6. The zero-order valence-corrected chi connectivity index (χ0v) is 11.5. The zero-order chi connectivity index (χ0) is 13.5. The molecule has 18 heavy (non-hydrogen) atoms. The summed E-state index contributed by atoms with van der Waals surface area (Å²) in [6.45, 7) is 4.03. The van der Waals surface area contributed by atoms with Crippen molar-refractivity contribution in [2.24, 2.45) is 7.05 Å². The molecular weight excluding hydrogens is 254 g/mol. The van der Waals surface area contributed by atoms with Gasteiger partial charge in [0.1, 0.15) is 12.4 Å². The summed E-state index contributed by atoms with van der Waals surface area (Å²) in [5.41, 5.74) is 0. The lowest BCUT2D eigenvalue weighted by Crippen LogP contribution is -2.45. The van der Waals surface area contributed by atoms with E-state index in [9.17, 15) is 9.59 Å². The number of hydrogen-bond acceptors (Lipinski definition) is 5. The lowest BCUT2D eigenvalue weighted by atomic mass is 10.3. The van der Waals surface area contributed by atoms with Crippen LogP contribution >= 0.6 is 11.8 Å². The molecule has 2 N–H and O–H groups in total. The summed E-state index contributed by atoms with van der Waals surface area (Å²) in [6, 6.07) is -0.530. The third kappa shape index (κ3) is 4.36. The molecule has 0 saturated carbocycles. The van der Waals surface area contributed by atoms with Crippen molar-refractivity contribution in [2.45, 2.75) is 25.0 Å². The van der Waals surface area contributed by atoms with Crippen molar-refractivity contribution in [3.05, 3.63) is 6.33 Å². The van der Waals surface area contributed by atoms with Crippen molar-refractivity contribution < 1.29 is 9.59 Å². The predicted octanol–water partition coefficient (Wildman–Crippen LogP) is -0.452. The molecule has 1 aromatic rings. The van der Waals surface area contributed by atoms with Crippen LogP contribution in [0.25, 0.3) is 0 Å². The van der Waals surface area contributed by atoms with Gasteiger partial charge in [-0.3, -0.25) is 9.59 Å². The Labute approximate surface area is 110 Å². The molecule has 1 heterocycles. The number of carbonyl (C=O) groups is 2. The molecule has 0 aliphatic carbocycles. The van der Waals surface area contributed by atoms with Gasteiger partial charge in [0.05, 0.1) is 5.75 Å². The maximum Gasteiger partial charge on any atom is 0.242 e. The topological polar surface area (TPSA) is 88.9 Å². The van der Waals surface area contributed by atoms with E-state index in [-0.39, 0.29) is 17.6 Å². The van der Waals surface area contributed by atoms with Crippen LogP contribution in [0.5, 0.6) is 0 Å². The summed E-state index contributed by atoms with van der Waals surface area (Å²) in [7, 11) is 1.80. The minimum atomic E-state index is -0.530. The van der Waals surface area contributed by atoms with E-state index in [1.165, 1.54) is 11.8 Å². The van der Waals surface area contributed by atoms with E-state index in [0.717, 1.165) is 0 Å². The Morgan fingerprint density at radius 3 is 2.83 bits per heavy atom. The number of carbonyl (C=O) groups excluding carboxylic acids is 2. The van der Waals surface area contributed by atoms with Crippen LogP contribution in [0.2, 0.25) is 0 Å². The maximum atomic E-state index is 11.6. The van der Waals surface area contributed by atoms with Gasteiger partial charge >= 0.3 is 0 Å². The minimum absolute atomic E-state index is 0.186. The van der Waals surface area contributed by atoms with Crippen LogP contribution in [-0.2, 0) is 16.6 Å². The first-order valence-corrected chi connectivity index (χ1v) is 6.57. The van der Waals surface area contributed by atoms with Gasteiger partial charge in [-0.15, -0.1) is 10.2 Å². The van der Waals surface area contributed by atoms with E-state index < -0.39 is 6.04 Å². The number of nitrogens with one attached hydrogen (secondary N) is 2. The van der Waals surface area contributed by atoms with Crippen molar-refractivity contribution >= 4 is 23.6 Å². The van der Waals surface area contributed by atoms with Crippen LogP contribution in [-0.4, -0.2) is 44.9 Å². The van der Waals surface area contributed by atoms with Crippen molar-refractivity contribution in [3.8, 4) is 0 Å². The number of nitrogens with zero attached hydrogens (tertiary/aromatic N) is 3. The molecule has 1 rings (SSSR count). The van der Waals surface area contributed by atoms with Crippen LogP contribution in [0.3, 0.4) is 0 Å². The monoisotopic (exact) mass is 271 g/mol. The Morgan fingerprint density at radius 2 is 2.28 bits per heavy atom. The van der Waals surface area contributed by atoms with Crippen LogP contribution in [0.4, 0.5) is 0 Å². The van der Waals surface area contributed by atoms with E-state index in [1.807, 2.05) is 6.92 Å². The SMILES string of the molecule is CCNC(=O)[C@@H](C)NC(=O)CSc1nncn1C. The van der Waals surface area contributed by atoms with Crippen molar-refractivity contribution in [1.29, 1.82) is 0 Å². The molecule has 0 aliphatic heterocycles. The van der Waals surface area contributed by atoms with Gasteiger partial charge in [-0.25, -0.2) is 0 Å². The van der Waals surface area contributed by atoms with Crippen molar-refractivity contribution in [3.63, 3.8) is 0 Å². The fraction of sp³-hybridized carbons (Fsp3) is 0.600. The van der Waals surface area contributed by atoms with Gasteiger partial charge in [0.15, 0.2) is 5.16 Å². The number of likely N-dealkylation sites (N-methyl/N-ethyl adjacent to an activating group) is 1. The van der Waals surface area contributed by atoms with Crippen LogP contribution < -0.4 is 10.6 Å². The molecule has 1 aromatic heterocycles. The van der Waals surface area contributed by atoms with Crippen LogP contribution in [0.15, 0.2) is 11.5 Å². The van der Waals surface area contributed by atoms with Crippen molar-refractivity contribution in [2.75, 3.05) is 12.3 Å². The third-order valence-electron chi connectivity index (χ3n) is 2.12. The molecule has 7 nitrogen and oxygen atoms in total. The Kier molecular flexibility index (Phi) is 5.63. The molecule has 0 aromatic carbocycles. The Bertz CT molecular complexity index is 420. The summed E-state index contributed by atoms with van der Waals surface area (Å²) in [6.07, 6.45) is 1.57. The smallest absolute Gasteiger partial charge is 0.242 e. The normalized spacial score (nSPS) is 11.9. The highest BCUT2D eigenvalue weighted by atomic mass is 32.2. The predicted molar refractivity (Wildman–Crippen MR) is 68.0 cm³/mol. The number of aryl methyl sites for hydroxylation is 1. The molecule has 0 unspecified atom stereocenters. The molecule has 0 radical (unpaired) electrons. The summed E-state index contributed by atoms with van der Waals surface area (Å²) < 4.78 is 1.73. The van der Waals surface area contributed by atoms with Gasteiger partial charge in [-0.1, -0.05) is 11.8 Å². The number of thioether (sulfide) groups is 1. The molecule has 2 amide bonds. The second kappa shape index (κ2) is 7.00. The van der Waals surface area contributed by atoms with E-state index in [0.29, 0.717) is 11.7 Å². The van der Waals surface area contributed by atoms with Gasteiger partial charge in [-0.05, 0) is 13.8 Å². The molecule has 8 heteroatoms. The van der Waals surface area contributed by atoms with Gasteiger partial charge in [-0.2, -0.15) is 0 Å². The van der Waals surface area contributed by atoms with E-state index in [1.54, 1.807) is 24.9 Å². The number of aromatic nitrogens is 3. The Balaban J connectivity index is 2.34. The molecular formula is C10H17N5O2S. The highest BCUT2D eigenvalue weighted by Gasteiger charge is 2.15. The fourth-order valence-corrected chi connectivity index (χ4v) is 1.91. The summed E-state index contributed by atoms with van der Waals surface area (Å²) in [4.78, 5) is 23.0. The quantitative estimate of drug-likeness (QED) is 0.684. The second-order valence-electron chi connectivity index (χ2n) is 3.70. The summed E-state index contributed by atoms with van der Waals surface area (Å²) in [5.74, 6) is -0.188. The summed E-state index contributed by atoms with van der Waals surface area (Å²) >= 11 is 1.27. The first kappa shape index (κ1) is 14.5. The highest BCUT2D eigenvalue weighted by Crippen LogP contribution is 2.12. The molecule has 0 aliphatic rings. The first-order chi connectivity index (χ1) is 8.54. The van der Waals surface area contributed by atoms with Gasteiger partial charge in [0.2, 0.25) is 11.8 Å². The molecule has 0 bridgehead atoms. The Morgan fingerprint density at radius 1 is 1.56 bits per heavy atom. The van der Waals surface area contributed by atoms with Crippen LogP contribution in [0, 0.1) is 0 Å². The van der Waals surface area contributed by atoms with E-state index in [4.69, 9.17) is 0 Å². The fourth-order valence-electron chi connectivity index (χ4n) is 1.21. The van der Waals surface area contributed by atoms with Crippen molar-refractivity contribution in [1.82, 2.24) is 25.4 Å². The average molecular weight is 271 g/mol. The summed E-state index contributed by atoms with van der Waals surface area (Å²) in [5, 5.41) is 13.5. The maximum absolute atomic E-state index is 11.6. The average Bonchev–Trinajstić information content (AvgIpc) is 2.72. The minimum Gasteiger partial charge on any atom is -0.355 e. The third-order valence-corrected chi connectivity index (χ3v) is 3.16. The zero-order valence-electron chi connectivity index (χ0n) is 10.6. The molecule has 0 spiro atoms. The highest BCUT2D eigenvalue weighted by molar-refractivity contribution is 7.99.